The van der Waals surface area contributed by atoms with Gasteiger partial charge in [0.05, 0.1) is 7.11 Å². The van der Waals surface area contributed by atoms with E-state index in [0.29, 0.717) is 17.4 Å². The molecule has 1 saturated carbocycles. The van der Waals surface area contributed by atoms with Crippen molar-refractivity contribution in [1.29, 1.82) is 0 Å². The molecule has 8 nitrogen and oxygen atoms in total. The number of hydrogen-bond donors (Lipinski definition) is 2. The van der Waals surface area contributed by atoms with Gasteiger partial charge in [0.25, 0.3) is 0 Å². The summed E-state index contributed by atoms with van der Waals surface area (Å²) in [6, 6.07) is 13.5. The van der Waals surface area contributed by atoms with Crippen LogP contribution in [0.15, 0.2) is 56.9 Å². The highest BCUT2D eigenvalue weighted by Gasteiger charge is 2.42. The summed E-state index contributed by atoms with van der Waals surface area (Å²) in [5, 5.41) is 0. The Bertz CT molecular complexity index is 1140. The molecule has 2 aliphatic rings. The number of fused-ring (bicyclic) bond motifs is 1. The third-order valence-corrected chi connectivity index (χ3v) is 5.82. The Hall–Kier alpha value is -3.55. The van der Waals surface area contributed by atoms with Crippen LogP contribution in [0, 0.1) is 0 Å². The van der Waals surface area contributed by atoms with Crippen LogP contribution >= 0.6 is 0 Å². The first-order valence-corrected chi connectivity index (χ1v) is 10.1. The van der Waals surface area contributed by atoms with E-state index >= 15 is 0 Å². The molecule has 0 bridgehead atoms. The maximum atomic E-state index is 6.33. The number of guanidine groups is 2. The number of ether oxygens (including phenoxy) is 1. The molecule has 0 atom stereocenters. The number of anilines is 1. The van der Waals surface area contributed by atoms with Gasteiger partial charge in [-0.25, -0.2) is 9.98 Å². The summed E-state index contributed by atoms with van der Waals surface area (Å²) in [6.45, 7) is 0. The number of oxazole rings is 1. The maximum Gasteiger partial charge on any atom is 0.227 e. The van der Waals surface area contributed by atoms with Crippen molar-refractivity contribution in [1.82, 2.24) is 4.98 Å². The summed E-state index contributed by atoms with van der Waals surface area (Å²) in [5.74, 6) is 1.95. The molecule has 2 heterocycles. The third-order valence-electron chi connectivity index (χ3n) is 5.82. The van der Waals surface area contributed by atoms with E-state index in [1.807, 2.05) is 47.4 Å². The summed E-state index contributed by atoms with van der Waals surface area (Å²) >= 11 is 0. The molecule has 1 aromatic heterocycles. The summed E-state index contributed by atoms with van der Waals surface area (Å²) in [7, 11) is 1.64. The molecule has 0 unspecified atom stereocenters. The minimum Gasteiger partial charge on any atom is -0.497 e. The van der Waals surface area contributed by atoms with Gasteiger partial charge in [-0.2, -0.15) is 4.99 Å². The Kier molecular flexibility index (Phi) is 4.34. The van der Waals surface area contributed by atoms with Gasteiger partial charge in [0.15, 0.2) is 5.58 Å². The van der Waals surface area contributed by atoms with Crippen LogP contribution in [-0.2, 0) is 0 Å². The summed E-state index contributed by atoms with van der Waals surface area (Å²) < 4.78 is 11.2. The first-order chi connectivity index (χ1) is 14.6. The highest BCUT2D eigenvalue weighted by atomic mass is 16.5. The number of methoxy groups -OCH3 is 1. The van der Waals surface area contributed by atoms with E-state index in [9.17, 15) is 0 Å². The number of benzene rings is 2. The van der Waals surface area contributed by atoms with Crippen LogP contribution in [0.1, 0.15) is 32.1 Å². The summed E-state index contributed by atoms with van der Waals surface area (Å²) in [5.41, 5.74) is 15.0. The van der Waals surface area contributed by atoms with Gasteiger partial charge in [0.1, 0.15) is 16.9 Å². The lowest BCUT2D eigenvalue weighted by atomic mass is 9.87. The van der Waals surface area contributed by atoms with E-state index in [1.54, 1.807) is 7.11 Å². The lowest BCUT2D eigenvalue weighted by molar-refractivity contribution is 0.305. The SMILES string of the molecule is COc1ccc(-c2nc3cc(N4C(N)=NC(N)=NC45CCCCC5)ccc3o2)cc1. The first-order valence-electron chi connectivity index (χ1n) is 10.1. The fourth-order valence-corrected chi connectivity index (χ4v) is 4.41. The van der Waals surface area contributed by atoms with Crippen molar-refractivity contribution in [2.24, 2.45) is 21.5 Å². The smallest absolute Gasteiger partial charge is 0.227 e. The van der Waals surface area contributed by atoms with Crippen molar-refractivity contribution in [3.8, 4) is 17.2 Å². The van der Waals surface area contributed by atoms with Crippen LogP contribution in [0.4, 0.5) is 5.69 Å². The number of aliphatic imine (C=N–C) groups is 2. The van der Waals surface area contributed by atoms with E-state index < -0.39 is 5.66 Å². The molecule has 154 valence electrons. The molecular formula is C22H24N6O2. The number of nitrogens with zero attached hydrogens (tertiary/aromatic N) is 4. The largest absolute Gasteiger partial charge is 0.497 e. The van der Waals surface area contributed by atoms with Gasteiger partial charge in [-0.1, -0.05) is 6.42 Å². The zero-order valence-electron chi connectivity index (χ0n) is 16.8. The maximum absolute atomic E-state index is 6.33. The normalized spacial score (nSPS) is 18.4. The standard InChI is InChI=1S/C22H24N6O2/c1-29-16-8-5-14(6-9-16)19-25-17-13-15(7-10-18(17)30-19)28-21(24)26-20(23)27-22(28)11-3-2-4-12-22/h5-10,13H,2-4,11-12H2,1H3,(H4,23,24,26,27). The fourth-order valence-electron chi connectivity index (χ4n) is 4.41. The minimum atomic E-state index is -0.482. The van der Waals surface area contributed by atoms with Crippen LogP contribution in [-0.4, -0.2) is 29.7 Å². The molecule has 1 spiro atoms. The first kappa shape index (κ1) is 18.5. The topological polar surface area (TPSA) is 115 Å². The predicted molar refractivity (Wildman–Crippen MR) is 118 cm³/mol. The Morgan fingerprint density at radius 1 is 1.03 bits per heavy atom. The summed E-state index contributed by atoms with van der Waals surface area (Å²) in [4.78, 5) is 15.7. The van der Waals surface area contributed by atoms with E-state index in [1.165, 1.54) is 6.42 Å². The van der Waals surface area contributed by atoms with Crippen LogP contribution in [0.25, 0.3) is 22.6 Å². The Labute approximate surface area is 174 Å². The van der Waals surface area contributed by atoms with Crippen molar-refractivity contribution in [3.05, 3.63) is 42.5 Å². The number of rotatable bonds is 3. The van der Waals surface area contributed by atoms with Crippen molar-refractivity contribution >= 4 is 28.7 Å². The second-order valence-corrected chi connectivity index (χ2v) is 7.72. The monoisotopic (exact) mass is 404 g/mol. The molecule has 8 heteroatoms. The van der Waals surface area contributed by atoms with Gasteiger partial charge in [-0.3, -0.25) is 4.90 Å². The molecule has 30 heavy (non-hydrogen) atoms. The van der Waals surface area contributed by atoms with Gasteiger partial charge < -0.3 is 20.6 Å². The van der Waals surface area contributed by atoms with Crippen LogP contribution in [0.3, 0.4) is 0 Å². The highest BCUT2D eigenvalue weighted by Crippen LogP contribution is 2.40. The molecule has 3 aromatic rings. The number of aromatic nitrogens is 1. The van der Waals surface area contributed by atoms with Gasteiger partial charge in [-0.05, 0) is 68.1 Å². The molecule has 4 N–H and O–H groups in total. The molecular weight excluding hydrogens is 380 g/mol. The predicted octanol–water partition coefficient (Wildman–Crippen LogP) is 3.61. The molecule has 1 aliphatic heterocycles. The molecule has 1 aliphatic carbocycles. The molecule has 0 radical (unpaired) electrons. The Balaban J connectivity index is 1.54. The average Bonchev–Trinajstić information content (AvgIpc) is 3.17. The Morgan fingerprint density at radius 3 is 2.53 bits per heavy atom. The third kappa shape index (κ3) is 3.04. The summed E-state index contributed by atoms with van der Waals surface area (Å²) in [6.07, 6.45) is 5.12. The highest BCUT2D eigenvalue weighted by molar-refractivity contribution is 6.06. The average molecular weight is 404 g/mol. The van der Waals surface area contributed by atoms with E-state index in [4.69, 9.17) is 30.6 Å². The van der Waals surface area contributed by atoms with Crippen LogP contribution < -0.4 is 21.1 Å². The lowest BCUT2D eigenvalue weighted by Crippen LogP contribution is -2.58. The van der Waals surface area contributed by atoms with Gasteiger partial charge in [0, 0.05) is 11.3 Å². The van der Waals surface area contributed by atoms with Crippen LogP contribution in [0.2, 0.25) is 0 Å². The number of nitrogens with two attached hydrogens (primary N) is 2. The van der Waals surface area contributed by atoms with E-state index in [-0.39, 0.29) is 5.96 Å². The number of hydrogen-bond acceptors (Lipinski definition) is 8. The second kappa shape index (κ2) is 7.05. The van der Waals surface area contributed by atoms with Crippen molar-refractivity contribution in [2.75, 3.05) is 12.0 Å². The van der Waals surface area contributed by atoms with Gasteiger partial charge >= 0.3 is 0 Å². The zero-order valence-corrected chi connectivity index (χ0v) is 16.8. The fraction of sp³-hybridized carbons (Fsp3) is 0.318. The van der Waals surface area contributed by atoms with Crippen molar-refractivity contribution in [2.45, 2.75) is 37.8 Å². The molecule has 0 saturated heterocycles. The van der Waals surface area contributed by atoms with Crippen molar-refractivity contribution in [3.63, 3.8) is 0 Å². The van der Waals surface area contributed by atoms with E-state index in [0.717, 1.165) is 48.2 Å². The molecule has 0 amide bonds. The van der Waals surface area contributed by atoms with E-state index in [2.05, 4.69) is 4.99 Å². The van der Waals surface area contributed by atoms with Gasteiger partial charge in [0.2, 0.25) is 17.8 Å². The zero-order chi connectivity index (χ0) is 20.7. The van der Waals surface area contributed by atoms with Crippen LogP contribution in [0.5, 0.6) is 5.75 Å². The lowest BCUT2D eigenvalue weighted by Gasteiger charge is -2.45. The molecule has 2 aromatic carbocycles. The quantitative estimate of drug-likeness (QED) is 0.689. The second-order valence-electron chi connectivity index (χ2n) is 7.72. The van der Waals surface area contributed by atoms with Crippen molar-refractivity contribution < 1.29 is 9.15 Å². The minimum absolute atomic E-state index is 0.245. The molecule has 5 rings (SSSR count). The van der Waals surface area contributed by atoms with Gasteiger partial charge in [-0.15, -0.1) is 0 Å². The Morgan fingerprint density at radius 2 is 1.80 bits per heavy atom. The molecule has 1 fully saturated rings.